The average molecular weight is 398 g/mol. The predicted octanol–water partition coefficient (Wildman–Crippen LogP) is 3.17. The average Bonchev–Trinajstić information content (AvgIpc) is 3.06. The molecular weight excluding hydrogens is 374 g/mol. The molecule has 1 fully saturated rings. The van der Waals surface area contributed by atoms with Crippen LogP contribution in [0.4, 0.5) is 0 Å². The van der Waals surface area contributed by atoms with E-state index in [-0.39, 0.29) is 22.5 Å². The van der Waals surface area contributed by atoms with Crippen molar-refractivity contribution in [2.45, 2.75) is 20.8 Å². The lowest BCUT2D eigenvalue weighted by molar-refractivity contribution is -0.133. The Balaban J connectivity index is 2.08. The molecule has 1 saturated heterocycles. The number of carbonyl (C=O) groups is 2. The highest BCUT2D eigenvalue weighted by Gasteiger charge is 2.38. The lowest BCUT2D eigenvalue weighted by Crippen LogP contribution is -2.55. The largest absolute Gasteiger partial charge is 0.497 e. The summed E-state index contributed by atoms with van der Waals surface area (Å²) >= 11 is 5.31. The van der Waals surface area contributed by atoms with Crippen molar-refractivity contribution in [3.05, 3.63) is 53.4 Å². The van der Waals surface area contributed by atoms with Gasteiger partial charge in [0, 0.05) is 30.2 Å². The van der Waals surface area contributed by atoms with Crippen LogP contribution in [-0.4, -0.2) is 51.5 Å². The van der Waals surface area contributed by atoms with Crippen LogP contribution in [0.2, 0.25) is 0 Å². The van der Waals surface area contributed by atoms with Crippen molar-refractivity contribution < 1.29 is 14.3 Å². The maximum atomic E-state index is 12.9. The molecule has 0 bridgehead atoms. The van der Waals surface area contributed by atoms with Crippen molar-refractivity contribution in [3.63, 3.8) is 0 Å². The van der Waals surface area contributed by atoms with Gasteiger partial charge < -0.3 is 9.30 Å². The number of hydrogen-bond acceptors (Lipinski definition) is 4. The van der Waals surface area contributed by atoms with E-state index >= 15 is 0 Å². The molecule has 2 heterocycles. The minimum absolute atomic E-state index is 0.116. The standard InChI is InChI=1S/C21H23N3O3S/c1-5-22-19(25)18(20(26)23(6-2)21(22)28)13-16-8-7-14(3)24(16)15-9-11-17(27-4)12-10-15/h7-13H,5-6H2,1-4H3. The number of benzene rings is 1. The zero-order chi connectivity index (χ0) is 20.4. The number of nitrogens with zero attached hydrogens (tertiary/aromatic N) is 3. The molecule has 6 nitrogen and oxygen atoms in total. The van der Waals surface area contributed by atoms with Gasteiger partial charge in [0.1, 0.15) is 11.3 Å². The number of ether oxygens (including phenoxy) is 1. The van der Waals surface area contributed by atoms with Crippen LogP contribution in [0, 0.1) is 6.92 Å². The van der Waals surface area contributed by atoms with Crippen molar-refractivity contribution in [2.75, 3.05) is 20.2 Å². The quantitative estimate of drug-likeness (QED) is 0.442. The van der Waals surface area contributed by atoms with Gasteiger partial charge in [-0.25, -0.2) is 0 Å². The first-order valence-electron chi connectivity index (χ1n) is 9.15. The molecule has 1 aliphatic heterocycles. The molecule has 0 N–H and O–H groups in total. The van der Waals surface area contributed by atoms with Crippen LogP contribution in [-0.2, 0) is 9.59 Å². The molecule has 2 aromatic rings. The second-order valence-corrected chi connectivity index (χ2v) is 6.74. The molecule has 2 amide bonds. The van der Waals surface area contributed by atoms with Crippen molar-refractivity contribution in [1.82, 2.24) is 14.4 Å². The van der Waals surface area contributed by atoms with Gasteiger partial charge in [0.15, 0.2) is 5.11 Å². The summed E-state index contributed by atoms with van der Waals surface area (Å²) in [5.41, 5.74) is 2.77. The van der Waals surface area contributed by atoms with Crippen LogP contribution >= 0.6 is 12.2 Å². The molecule has 28 heavy (non-hydrogen) atoms. The Bertz CT molecular complexity index is 932. The highest BCUT2D eigenvalue weighted by molar-refractivity contribution is 7.80. The van der Waals surface area contributed by atoms with E-state index in [0.717, 1.165) is 22.8 Å². The Morgan fingerprint density at radius 3 is 2.04 bits per heavy atom. The number of hydrogen-bond donors (Lipinski definition) is 0. The Kier molecular flexibility index (Phi) is 5.65. The fraction of sp³-hybridized carbons (Fsp3) is 0.286. The summed E-state index contributed by atoms with van der Waals surface area (Å²) in [5, 5.41) is 0.263. The Hall–Kier alpha value is -2.93. The van der Waals surface area contributed by atoms with E-state index in [1.165, 1.54) is 9.80 Å². The first-order chi connectivity index (χ1) is 13.4. The monoisotopic (exact) mass is 397 g/mol. The third-order valence-electron chi connectivity index (χ3n) is 4.77. The summed E-state index contributed by atoms with van der Waals surface area (Å²) in [6.07, 6.45) is 1.65. The molecule has 0 atom stereocenters. The SMILES string of the molecule is CCN1C(=O)C(=Cc2ccc(C)n2-c2ccc(OC)cc2)C(=O)N(CC)C1=S. The fourth-order valence-corrected chi connectivity index (χ4v) is 3.71. The van der Waals surface area contributed by atoms with E-state index in [4.69, 9.17) is 17.0 Å². The predicted molar refractivity (Wildman–Crippen MR) is 112 cm³/mol. The normalized spacial score (nSPS) is 14.7. The first-order valence-corrected chi connectivity index (χ1v) is 9.55. The third-order valence-corrected chi connectivity index (χ3v) is 5.22. The summed E-state index contributed by atoms with van der Waals surface area (Å²) in [4.78, 5) is 28.7. The smallest absolute Gasteiger partial charge is 0.265 e. The maximum absolute atomic E-state index is 12.9. The molecule has 7 heteroatoms. The molecule has 146 valence electrons. The van der Waals surface area contributed by atoms with Gasteiger partial charge >= 0.3 is 0 Å². The number of carbonyl (C=O) groups excluding carboxylic acids is 2. The summed E-state index contributed by atoms with van der Waals surface area (Å²) < 4.78 is 7.21. The molecule has 1 aliphatic rings. The van der Waals surface area contributed by atoms with Crippen LogP contribution in [0.1, 0.15) is 25.2 Å². The molecule has 0 aliphatic carbocycles. The molecule has 3 rings (SSSR count). The number of rotatable bonds is 5. The lowest BCUT2D eigenvalue weighted by Gasteiger charge is -2.35. The van der Waals surface area contributed by atoms with Crippen LogP contribution in [0.5, 0.6) is 5.75 Å². The van der Waals surface area contributed by atoms with E-state index in [9.17, 15) is 9.59 Å². The number of aromatic nitrogens is 1. The highest BCUT2D eigenvalue weighted by Crippen LogP contribution is 2.24. The second kappa shape index (κ2) is 7.98. The zero-order valence-electron chi connectivity index (χ0n) is 16.4. The number of methoxy groups -OCH3 is 1. The second-order valence-electron chi connectivity index (χ2n) is 6.37. The lowest BCUT2D eigenvalue weighted by atomic mass is 10.1. The molecule has 1 aromatic carbocycles. The molecule has 1 aromatic heterocycles. The summed E-state index contributed by atoms with van der Waals surface area (Å²) in [6.45, 7) is 6.49. The van der Waals surface area contributed by atoms with Gasteiger partial charge in [0.25, 0.3) is 11.8 Å². The third kappa shape index (κ3) is 3.33. The summed E-state index contributed by atoms with van der Waals surface area (Å²) in [5.74, 6) is 0.0430. The van der Waals surface area contributed by atoms with E-state index < -0.39 is 0 Å². The van der Waals surface area contributed by atoms with Crippen LogP contribution in [0.25, 0.3) is 11.8 Å². The van der Waals surface area contributed by atoms with Crippen molar-refractivity contribution in [2.24, 2.45) is 0 Å². The van der Waals surface area contributed by atoms with Gasteiger partial charge in [-0.3, -0.25) is 19.4 Å². The van der Waals surface area contributed by atoms with Crippen LogP contribution in [0.3, 0.4) is 0 Å². The van der Waals surface area contributed by atoms with Gasteiger partial charge in [-0.05, 0) is 75.5 Å². The number of amides is 2. The molecule has 0 spiro atoms. The van der Waals surface area contributed by atoms with Gasteiger partial charge in [-0.1, -0.05) is 0 Å². The van der Waals surface area contributed by atoms with Crippen molar-refractivity contribution in [3.8, 4) is 11.4 Å². The summed E-state index contributed by atoms with van der Waals surface area (Å²) in [6, 6.07) is 11.5. The topological polar surface area (TPSA) is 54.8 Å². The van der Waals surface area contributed by atoms with Crippen molar-refractivity contribution in [1.29, 1.82) is 0 Å². The fourth-order valence-electron chi connectivity index (χ4n) is 3.29. The van der Waals surface area contributed by atoms with Gasteiger partial charge in [0.05, 0.1) is 7.11 Å². The van der Waals surface area contributed by atoms with Gasteiger partial charge in [0.2, 0.25) is 0 Å². The van der Waals surface area contributed by atoms with E-state index in [1.54, 1.807) is 13.2 Å². The maximum Gasteiger partial charge on any atom is 0.265 e. The molecule has 0 saturated carbocycles. The Morgan fingerprint density at radius 2 is 1.54 bits per heavy atom. The van der Waals surface area contributed by atoms with Crippen LogP contribution in [0.15, 0.2) is 42.0 Å². The van der Waals surface area contributed by atoms with Gasteiger partial charge in [-0.2, -0.15) is 0 Å². The number of aryl methyl sites for hydroxylation is 1. The highest BCUT2D eigenvalue weighted by atomic mass is 32.1. The minimum Gasteiger partial charge on any atom is -0.497 e. The minimum atomic E-state index is -0.359. The Labute approximate surface area is 170 Å². The first kappa shape index (κ1) is 19.8. The van der Waals surface area contributed by atoms with E-state index in [0.29, 0.717) is 13.1 Å². The molecule has 0 radical (unpaired) electrons. The van der Waals surface area contributed by atoms with E-state index in [1.807, 2.05) is 61.7 Å². The molecule has 0 unspecified atom stereocenters. The number of likely N-dealkylation sites (N-methyl/N-ethyl adjacent to an activating group) is 2. The Morgan fingerprint density at radius 1 is 0.964 bits per heavy atom. The van der Waals surface area contributed by atoms with Gasteiger partial charge in [-0.15, -0.1) is 0 Å². The summed E-state index contributed by atoms with van der Waals surface area (Å²) in [7, 11) is 1.62. The molecular formula is C21H23N3O3S. The van der Waals surface area contributed by atoms with Crippen molar-refractivity contribution >= 4 is 35.2 Å². The van der Waals surface area contributed by atoms with E-state index in [2.05, 4.69) is 0 Å². The zero-order valence-corrected chi connectivity index (χ0v) is 17.2. The number of thiocarbonyl (C=S) groups is 1. The van der Waals surface area contributed by atoms with Crippen LogP contribution < -0.4 is 4.74 Å².